The highest BCUT2D eigenvalue weighted by Gasteiger charge is 2.14. The lowest BCUT2D eigenvalue weighted by atomic mass is 10.1. The first kappa shape index (κ1) is 16.0. The number of rotatable bonds is 5. The second-order valence-corrected chi connectivity index (χ2v) is 5.67. The van der Waals surface area contributed by atoms with E-state index in [4.69, 9.17) is 4.42 Å². The third-order valence-electron chi connectivity index (χ3n) is 3.86. The Kier molecular flexibility index (Phi) is 4.75. The van der Waals surface area contributed by atoms with Crippen LogP contribution in [0.25, 0.3) is 11.5 Å². The molecule has 1 aromatic heterocycles. The van der Waals surface area contributed by atoms with Crippen molar-refractivity contribution in [1.29, 1.82) is 0 Å². The van der Waals surface area contributed by atoms with Crippen molar-refractivity contribution in [3.8, 4) is 11.5 Å². The topological polar surface area (TPSA) is 55.1 Å². The van der Waals surface area contributed by atoms with Gasteiger partial charge in [-0.15, -0.1) is 0 Å². The normalized spacial score (nSPS) is 10.6. The molecule has 1 N–H and O–H groups in total. The van der Waals surface area contributed by atoms with Crippen molar-refractivity contribution in [2.75, 3.05) is 5.32 Å². The van der Waals surface area contributed by atoms with E-state index in [9.17, 15) is 4.79 Å². The number of aryl methyl sites for hydroxylation is 2. The van der Waals surface area contributed by atoms with E-state index in [0.717, 1.165) is 17.7 Å². The molecule has 0 fully saturated rings. The van der Waals surface area contributed by atoms with Gasteiger partial charge in [0.05, 0.1) is 12.1 Å². The summed E-state index contributed by atoms with van der Waals surface area (Å²) in [6.45, 7) is 3.92. The molecular formula is C20H20N2O2. The van der Waals surface area contributed by atoms with Gasteiger partial charge in [0.15, 0.2) is 0 Å². The Morgan fingerprint density at radius 2 is 1.92 bits per heavy atom. The van der Waals surface area contributed by atoms with Crippen molar-refractivity contribution in [3.63, 3.8) is 0 Å². The van der Waals surface area contributed by atoms with E-state index in [-0.39, 0.29) is 12.3 Å². The van der Waals surface area contributed by atoms with Crippen LogP contribution < -0.4 is 5.32 Å². The van der Waals surface area contributed by atoms with Crippen LogP contribution >= 0.6 is 0 Å². The molecule has 4 heteroatoms. The molecule has 4 nitrogen and oxygen atoms in total. The lowest BCUT2D eigenvalue weighted by Gasteiger charge is -2.05. The van der Waals surface area contributed by atoms with E-state index in [0.29, 0.717) is 17.3 Å². The summed E-state index contributed by atoms with van der Waals surface area (Å²) in [6.07, 6.45) is 1.13. The predicted molar refractivity (Wildman–Crippen MR) is 94.8 cm³/mol. The first-order chi connectivity index (χ1) is 11.7. The van der Waals surface area contributed by atoms with E-state index in [2.05, 4.69) is 17.2 Å². The molecule has 0 bridgehead atoms. The van der Waals surface area contributed by atoms with Gasteiger partial charge in [-0.2, -0.15) is 0 Å². The maximum Gasteiger partial charge on any atom is 0.230 e. The lowest BCUT2D eigenvalue weighted by Crippen LogP contribution is -2.15. The van der Waals surface area contributed by atoms with Crippen molar-refractivity contribution in [2.24, 2.45) is 0 Å². The van der Waals surface area contributed by atoms with E-state index in [1.54, 1.807) is 0 Å². The second-order valence-electron chi connectivity index (χ2n) is 5.67. The fourth-order valence-electron chi connectivity index (χ4n) is 2.52. The molecule has 0 atom stereocenters. The first-order valence-electron chi connectivity index (χ1n) is 8.06. The minimum Gasteiger partial charge on any atom is -0.441 e. The van der Waals surface area contributed by atoms with Crippen molar-refractivity contribution < 1.29 is 9.21 Å². The minimum atomic E-state index is -0.0979. The zero-order valence-electron chi connectivity index (χ0n) is 13.9. The maximum atomic E-state index is 12.3. The molecule has 0 aliphatic heterocycles. The molecule has 0 saturated carbocycles. The zero-order chi connectivity index (χ0) is 16.9. The van der Waals surface area contributed by atoms with Gasteiger partial charge in [0.25, 0.3) is 0 Å². The molecule has 1 heterocycles. The number of nitrogens with zero attached hydrogens (tertiary/aromatic N) is 1. The Morgan fingerprint density at radius 1 is 1.12 bits per heavy atom. The summed E-state index contributed by atoms with van der Waals surface area (Å²) in [7, 11) is 0. The van der Waals surface area contributed by atoms with Crippen LogP contribution in [-0.2, 0) is 17.6 Å². The summed E-state index contributed by atoms with van der Waals surface area (Å²) in [6, 6.07) is 17.6. The fourth-order valence-corrected chi connectivity index (χ4v) is 2.52. The molecule has 0 spiro atoms. The summed E-state index contributed by atoms with van der Waals surface area (Å²) in [5.74, 6) is 1.12. The summed E-state index contributed by atoms with van der Waals surface area (Å²) in [5.41, 5.74) is 3.57. The number of oxazole rings is 1. The lowest BCUT2D eigenvalue weighted by molar-refractivity contribution is -0.115. The number of carbonyl (C=O) groups is 1. The Hall–Kier alpha value is -2.88. The number of anilines is 1. The quantitative estimate of drug-likeness (QED) is 0.758. The van der Waals surface area contributed by atoms with E-state index < -0.39 is 0 Å². The molecule has 122 valence electrons. The molecule has 0 aliphatic rings. The van der Waals surface area contributed by atoms with Crippen molar-refractivity contribution in [1.82, 2.24) is 4.98 Å². The third kappa shape index (κ3) is 3.71. The number of amides is 1. The predicted octanol–water partition coefficient (Wildman–Crippen LogP) is 4.39. The Morgan fingerprint density at radius 3 is 2.67 bits per heavy atom. The average Bonchev–Trinajstić information content (AvgIpc) is 2.96. The molecule has 0 unspecified atom stereocenters. The monoisotopic (exact) mass is 320 g/mol. The van der Waals surface area contributed by atoms with Gasteiger partial charge >= 0.3 is 0 Å². The highest BCUT2D eigenvalue weighted by atomic mass is 16.4. The summed E-state index contributed by atoms with van der Waals surface area (Å²) < 4.78 is 5.70. The molecule has 3 rings (SSSR count). The van der Waals surface area contributed by atoms with Gasteiger partial charge in [-0.3, -0.25) is 4.79 Å². The van der Waals surface area contributed by atoms with Gasteiger partial charge in [-0.1, -0.05) is 37.3 Å². The summed E-state index contributed by atoms with van der Waals surface area (Å²) in [5, 5.41) is 2.92. The average molecular weight is 320 g/mol. The highest BCUT2D eigenvalue weighted by molar-refractivity contribution is 5.92. The molecule has 1 amide bonds. The number of nitrogens with one attached hydrogen (secondary N) is 1. The Balaban J connectivity index is 1.71. The van der Waals surface area contributed by atoms with Crippen LogP contribution in [0.2, 0.25) is 0 Å². The van der Waals surface area contributed by atoms with Gasteiger partial charge in [0.2, 0.25) is 11.8 Å². The van der Waals surface area contributed by atoms with Crippen LogP contribution in [0, 0.1) is 6.92 Å². The van der Waals surface area contributed by atoms with Crippen molar-refractivity contribution in [2.45, 2.75) is 26.7 Å². The minimum absolute atomic E-state index is 0.0979. The summed E-state index contributed by atoms with van der Waals surface area (Å²) in [4.78, 5) is 16.8. The highest BCUT2D eigenvalue weighted by Crippen LogP contribution is 2.22. The Bertz CT molecular complexity index is 838. The van der Waals surface area contributed by atoms with Crippen molar-refractivity contribution in [3.05, 3.63) is 71.6 Å². The zero-order valence-corrected chi connectivity index (χ0v) is 13.9. The Labute approximate surface area is 141 Å². The van der Waals surface area contributed by atoms with E-state index in [1.807, 2.05) is 61.5 Å². The largest absolute Gasteiger partial charge is 0.441 e. The molecule has 0 aliphatic carbocycles. The molecule has 0 radical (unpaired) electrons. The van der Waals surface area contributed by atoms with Gasteiger partial charge in [-0.25, -0.2) is 4.98 Å². The van der Waals surface area contributed by atoms with Crippen LogP contribution in [0.1, 0.15) is 23.9 Å². The first-order valence-corrected chi connectivity index (χ1v) is 8.06. The number of hydrogen-bond donors (Lipinski definition) is 1. The molecule has 0 saturated heterocycles. The maximum absolute atomic E-state index is 12.3. The fraction of sp³-hybridized carbons (Fsp3) is 0.200. The van der Waals surface area contributed by atoms with Gasteiger partial charge < -0.3 is 9.73 Å². The standard InChI is InChI=1S/C20H20N2O2/c1-3-15-8-7-11-17(12-15)21-19(23)13-18-14(2)24-20(22-18)16-9-5-4-6-10-16/h4-12H,3,13H2,1-2H3,(H,21,23). The van der Waals surface area contributed by atoms with Crippen LogP contribution in [0.4, 0.5) is 5.69 Å². The second kappa shape index (κ2) is 7.13. The number of aromatic nitrogens is 1. The smallest absolute Gasteiger partial charge is 0.230 e. The van der Waals surface area contributed by atoms with Gasteiger partial charge in [0, 0.05) is 11.3 Å². The molecule has 2 aromatic carbocycles. The number of benzene rings is 2. The molecule has 24 heavy (non-hydrogen) atoms. The van der Waals surface area contributed by atoms with Crippen LogP contribution in [-0.4, -0.2) is 10.9 Å². The van der Waals surface area contributed by atoms with Gasteiger partial charge in [-0.05, 0) is 43.2 Å². The molecule has 3 aromatic rings. The van der Waals surface area contributed by atoms with E-state index >= 15 is 0 Å². The molecular weight excluding hydrogens is 300 g/mol. The summed E-state index contributed by atoms with van der Waals surface area (Å²) >= 11 is 0. The third-order valence-corrected chi connectivity index (χ3v) is 3.86. The van der Waals surface area contributed by atoms with Crippen LogP contribution in [0.5, 0.6) is 0 Å². The number of hydrogen-bond acceptors (Lipinski definition) is 3. The number of carbonyl (C=O) groups excluding carboxylic acids is 1. The van der Waals surface area contributed by atoms with Crippen LogP contribution in [0.3, 0.4) is 0 Å². The SMILES string of the molecule is CCc1cccc(NC(=O)Cc2nc(-c3ccccc3)oc2C)c1. The van der Waals surface area contributed by atoms with Gasteiger partial charge in [0.1, 0.15) is 5.76 Å². The van der Waals surface area contributed by atoms with Crippen molar-refractivity contribution >= 4 is 11.6 Å². The van der Waals surface area contributed by atoms with E-state index in [1.165, 1.54) is 5.56 Å². The van der Waals surface area contributed by atoms with Crippen LogP contribution in [0.15, 0.2) is 59.0 Å².